The number of hydrogen-bond acceptors (Lipinski definition) is 4. The van der Waals surface area contributed by atoms with Crippen LogP contribution < -0.4 is 5.32 Å². The van der Waals surface area contributed by atoms with E-state index in [-0.39, 0.29) is 25.0 Å². The summed E-state index contributed by atoms with van der Waals surface area (Å²) in [5.74, 6) is -1.36. The molecule has 2 N–H and O–H groups in total. The Kier molecular flexibility index (Phi) is 8.32. The summed E-state index contributed by atoms with van der Waals surface area (Å²) in [7, 11) is 0. The fourth-order valence-electron chi connectivity index (χ4n) is 1.40. The third-order valence-electron chi connectivity index (χ3n) is 2.33. The van der Waals surface area contributed by atoms with Gasteiger partial charge in [0.2, 0.25) is 0 Å². The average molecular weight is 274 g/mol. The molecule has 0 aliphatic rings. The zero-order chi connectivity index (χ0) is 14.8. The smallest absolute Gasteiger partial charge is 0.323 e. The topological polar surface area (TPSA) is 95.9 Å². The SMILES string of the molecule is CCOC(=O)CCCNC(=O)N(CC(=O)O)C(C)C. The van der Waals surface area contributed by atoms with Crippen molar-refractivity contribution in [1.82, 2.24) is 10.2 Å². The van der Waals surface area contributed by atoms with E-state index in [4.69, 9.17) is 9.84 Å². The second-order valence-electron chi connectivity index (χ2n) is 4.26. The van der Waals surface area contributed by atoms with Gasteiger partial charge < -0.3 is 20.1 Å². The number of urea groups is 1. The molecule has 0 aliphatic heterocycles. The van der Waals surface area contributed by atoms with Gasteiger partial charge >= 0.3 is 18.0 Å². The molecule has 0 saturated heterocycles. The molecule has 0 bridgehead atoms. The molecule has 0 aromatic rings. The van der Waals surface area contributed by atoms with Crippen LogP contribution in [-0.2, 0) is 14.3 Å². The van der Waals surface area contributed by atoms with Gasteiger partial charge in [0.25, 0.3) is 0 Å². The van der Waals surface area contributed by atoms with E-state index in [1.165, 1.54) is 4.90 Å². The summed E-state index contributed by atoms with van der Waals surface area (Å²) < 4.78 is 4.75. The van der Waals surface area contributed by atoms with Crippen LogP contribution in [0.3, 0.4) is 0 Å². The van der Waals surface area contributed by atoms with Gasteiger partial charge in [-0.3, -0.25) is 9.59 Å². The molecule has 0 spiro atoms. The average Bonchev–Trinajstić information content (AvgIpc) is 2.31. The molecule has 0 heterocycles. The van der Waals surface area contributed by atoms with Gasteiger partial charge in [-0.15, -0.1) is 0 Å². The largest absolute Gasteiger partial charge is 0.480 e. The fourth-order valence-corrected chi connectivity index (χ4v) is 1.40. The number of esters is 1. The maximum absolute atomic E-state index is 11.7. The standard InChI is InChI=1S/C12H22N2O5/c1-4-19-11(17)6-5-7-13-12(18)14(9(2)3)8-10(15)16/h9H,4-8H2,1-3H3,(H,13,18)(H,15,16). The van der Waals surface area contributed by atoms with Crippen LogP contribution in [0.15, 0.2) is 0 Å². The molecular weight excluding hydrogens is 252 g/mol. The predicted molar refractivity (Wildman–Crippen MR) is 68.7 cm³/mol. The van der Waals surface area contributed by atoms with Crippen molar-refractivity contribution in [2.75, 3.05) is 19.7 Å². The summed E-state index contributed by atoms with van der Waals surface area (Å²) in [6.07, 6.45) is 0.693. The van der Waals surface area contributed by atoms with Gasteiger partial charge in [-0.2, -0.15) is 0 Å². The lowest BCUT2D eigenvalue weighted by Gasteiger charge is -2.25. The zero-order valence-electron chi connectivity index (χ0n) is 11.6. The summed E-state index contributed by atoms with van der Waals surface area (Å²) in [6.45, 7) is 5.50. The van der Waals surface area contributed by atoms with Gasteiger partial charge in [0.1, 0.15) is 6.54 Å². The van der Waals surface area contributed by atoms with Crippen molar-refractivity contribution in [3.63, 3.8) is 0 Å². The minimum atomic E-state index is -1.06. The number of ether oxygens (including phenoxy) is 1. The fraction of sp³-hybridized carbons (Fsp3) is 0.750. The first-order valence-corrected chi connectivity index (χ1v) is 6.30. The Morgan fingerprint density at radius 2 is 1.95 bits per heavy atom. The highest BCUT2D eigenvalue weighted by Gasteiger charge is 2.19. The lowest BCUT2D eigenvalue weighted by molar-refractivity contribution is -0.143. The number of carbonyl (C=O) groups is 3. The molecule has 19 heavy (non-hydrogen) atoms. The molecule has 0 radical (unpaired) electrons. The predicted octanol–water partition coefficient (Wildman–Crippen LogP) is 0.834. The second-order valence-corrected chi connectivity index (χ2v) is 4.26. The third kappa shape index (κ3) is 8.01. The highest BCUT2D eigenvalue weighted by molar-refractivity contribution is 5.80. The van der Waals surface area contributed by atoms with Crippen LogP contribution in [0.5, 0.6) is 0 Å². The Morgan fingerprint density at radius 3 is 2.42 bits per heavy atom. The van der Waals surface area contributed by atoms with E-state index in [1.807, 2.05) is 0 Å². The summed E-state index contributed by atoms with van der Waals surface area (Å²) in [5, 5.41) is 11.3. The van der Waals surface area contributed by atoms with E-state index in [1.54, 1.807) is 20.8 Å². The number of nitrogens with one attached hydrogen (secondary N) is 1. The Hall–Kier alpha value is -1.79. The number of carbonyl (C=O) groups excluding carboxylic acids is 2. The first-order valence-electron chi connectivity index (χ1n) is 6.30. The highest BCUT2D eigenvalue weighted by Crippen LogP contribution is 1.99. The van der Waals surface area contributed by atoms with Crippen LogP contribution in [0.25, 0.3) is 0 Å². The minimum absolute atomic E-state index is 0.207. The Balaban J connectivity index is 4.00. The van der Waals surface area contributed by atoms with Gasteiger partial charge in [-0.05, 0) is 27.2 Å². The number of amides is 2. The van der Waals surface area contributed by atoms with E-state index >= 15 is 0 Å². The molecule has 7 heteroatoms. The van der Waals surface area contributed by atoms with Crippen LogP contribution in [0, 0.1) is 0 Å². The van der Waals surface area contributed by atoms with E-state index in [0.29, 0.717) is 19.6 Å². The molecule has 0 saturated carbocycles. The van der Waals surface area contributed by atoms with Crippen molar-refractivity contribution in [3.8, 4) is 0 Å². The van der Waals surface area contributed by atoms with Crippen LogP contribution >= 0.6 is 0 Å². The summed E-state index contributed by atoms with van der Waals surface area (Å²) in [6, 6.07) is -0.651. The van der Waals surface area contributed by atoms with Crippen molar-refractivity contribution in [2.45, 2.75) is 39.7 Å². The van der Waals surface area contributed by atoms with Gasteiger partial charge in [-0.1, -0.05) is 0 Å². The lowest BCUT2D eigenvalue weighted by atomic mass is 10.3. The molecule has 0 atom stereocenters. The molecule has 7 nitrogen and oxygen atoms in total. The molecule has 110 valence electrons. The number of rotatable bonds is 8. The minimum Gasteiger partial charge on any atom is -0.480 e. The van der Waals surface area contributed by atoms with Crippen LogP contribution in [0.4, 0.5) is 4.79 Å². The van der Waals surface area contributed by atoms with Crippen LogP contribution in [0.2, 0.25) is 0 Å². The summed E-state index contributed by atoms with van der Waals surface area (Å²) in [4.78, 5) is 34.6. The molecule has 0 aromatic heterocycles. The normalized spacial score (nSPS) is 10.1. The van der Waals surface area contributed by atoms with E-state index in [2.05, 4.69) is 5.32 Å². The monoisotopic (exact) mass is 274 g/mol. The zero-order valence-corrected chi connectivity index (χ0v) is 11.6. The van der Waals surface area contributed by atoms with Gasteiger partial charge in [0, 0.05) is 19.0 Å². The van der Waals surface area contributed by atoms with Gasteiger partial charge in [0.15, 0.2) is 0 Å². The van der Waals surface area contributed by atoms with E-state index in [0.717, 1.165) is 0 Å². The van der Waals surface area contributed by atoms with Crippen LogP contribution in [0.1, 0.15) is 33.6 Å². The van der Waals surface area contributed by atoms with Gasteiger partial charge in [-0.25, -0.2) is 4.79 Å². The van der Waals surface area contributed by atoms with Crippen molar-refractivity contribution in [1.29, 1.82) is 0 Å². The Labute approximate surface area is 112 Å². The maximum atomic E-state index is 11.7. The number of carboxylic acid groups (broad SMARTS) is 1. The van der Waals surface area contributed by atoms with Crippen molar-refractivity contribution in [2.24, 2.45) is 0 Å². The number of hydrogen-bond donors (Lipinski definition) is 2. The summed E-state index contributed by atoms with van der Waals surface area (Å²) >= 11 is 0. The first kappa shape index (κ1) is 17.2. The maximum Gasteiger partial charge on any atom is 0.323 e. The van der Waals surface area contributed by atoms with E-state index < -0.39 is 12.0 Å². The molecule has 0 unspecified atom stereocenters. The molecule has 0 aliphatic carbocycles. The third-order valence-corrected chi connectivity index (χ3v) is 2.33. The highest BCUT2D eigenvalue weighted by atomic mass is 16.5. The van der Waals surface area contributed by atoms with Crippen molar-refractivity contribution < 1.29 is 24.2 Å². The van der Waals surface area contributed by atoms with Crippen molar-refractivity contribution >= 4 is 18.0 Å². The number of carboxylic acids is 1. The molecule has 0 fully saturated rings. The van der Waals surface area contributed by atoms with Gasteiger partial charge in [0.05, 0.1) is 6.61 Å². The quantitative estimate of drug-likeness (QED) is 0.505. The Morgan fingerprint density at radius 1 is 1.32 bits per heavy atom. The molecule has 2 amide bonds. The van der Waals surface area contributed by atoms with Crippen LogP contribution in [-0.4, -0.2) is 53.7 Å². The Bertz CT molecular complexity index is 317. The molecule has 0 rings (SSSR count). The molecular formula is C12H22N2O5. The first-order chi connectivity index (χ1) is 8.88. The number of aliphatic carboxylic acids is 1. The summed E-state index contributed by atoms with van der Waals surface area (Å²) in [5.41, 5.74) is 0. The lowest BCUT2D eigenvalue weighted by Crippen LogP contribution is -2.46. The second kappa shape index (κ2) is 9.18. The van der Waals surface area contributed by atoms with E-state index in [9.17, 15) is 14.4 Å². The van der Waals surface area contributed by atoms with Crippen molar-refractivity contribution in [3.05, 3.63) is 0 Å². The number of nitrogens with zero attached hydrogens (tertiary/aromatic N) is 1. The molecule has 0 aromatic carbocycles.